The van der Waals surface area contributed by atoms with Crippen LogP contribution >= 0.6 is 11.6 Å². The number of ether oxygens (including phenoxy) is 2. The van der Waals surface area contributed by atoms with Crippen LogP contribution < -0.4 is 22.0 Å². The highest BCUT2D eigenvalue weighted by atomic mass is 35.5. The maximum absolute atomic E-state index is 15.2. The Kier molecular flexibility index (Phi) is 13.2. The molecule has 0 atom stereocenters. The molecule has 0 unspecified atom stereocenters. The van der Waals surface area contributed by atoms with E-state index in [4.69, 9.17) is 21.1 Å². The van der Waals surface area contributed by atoms with E-state index in [1.54, 1.807) is 83.7 Å². The number of aromatic nitrogens is 8. The fraction of sp³-hybridized carbons (Fsp3) is 0.381. The van der Waals surface area contributed by atoms with E-state index in [0.29, 0.717) is 53.4 Å². The number of benzene rings is 3. The van der Waals surface area contributed by atoms with Crippen molar-refractivity contribution in [2.24, 2.45) is 7.05 Å². The summed E-state index contributed by atoms with van der Waals surface area (Å²) in [6, 6.07) is 9.44. The lowest BCUT2D eigenvalue weighted by Crippen LogP contribution is -2.43. The summed E-state index contributed by atoms with van der Waals surface area (Å²) in [5.41, 5.74) is -1.34. The molecule has 0 aliphatic rings. The number of nitrogens with zero attached hydrogens (tertiary/aromatic N) is 8. The molecule has 1 amide bonds. The summed E-state index contributed by atoms with van der Waals surface area (Å²) in [6.07, 6.45) is 3.45. The van der Waals surface area contributed by atoms with Gasteiger partial charge in [0.15, 0.2) is 11.6 Å². The van der Waals surface area contributed by atoms with E-state index in [-0.39, 0.29) is 35.6 Å². The summed E-state index contributed by atoms with van der Waals surface area (Å²) in [5, 5.41) is 15.2. The molecule has 0 spiro atoms. The van der Waals surface area contributed by atoms with Crippen molar-refractivity contribution in [3.05, 3.63) is 127 Å². The van der Waals surface area contributed by atoms with Gasteiger partial charge >= 0.3 is 23.4 Å². The van der Waals surface area contributed by atoms with Crippen LogP contribution in [0.15, 0.2) is 64.6 Å². The zero-order chi connectivity index (χ0) is 45.1. The molecule has 62 heavy (non-hydrogen) atoms. The Labute approximate surface area is 358 Å². The molecule has 0 fully saturated rings. The van der Waals surface area contributed by atoms with Crippen LogP contribution in [0.3, 0.4) is 0 Å². The minimum Gasteiger partial charge on any atom is -0.456 e. The predicted molar refractivity (Wildman–Crippen MR) is 224 cm³/mol. The molecule has 3 heterocycles. The molecule has 0 radical (unpaired) electrons. The van der Waals surface area contributed by atoms with Gasteiger partial charge in [-0.15, -0.1) is 0 Å². The van der Waals surface area contributed by atoms with E-state index in [1.165, 1.54) is 11.0 Å². The van der Waals surface area contributed by atoms with Crippen LogP contribution in [0.4, 0.5) is 29.6 Å². The number of amides is 1. The first kappa shape index (κ1) is 45.0. The number of carbonyl (C=O) groups is 2. The number of rotatable bonds is 14. The first-order chi connectivity index (χ1) is 29.2. The number of fused-ring (bicyclic) bond motifs is 1. The Morgan fingerprint density at radius 3 is 2.34 bits per heavy atom. The van der Waals surface area contributed by atoms with Gasteiger partial charge in [-0.1, -0.05) is 23.7 Å². The predicted octanol–water partition coefficient (Wildman–Crippen LogP) is 6.45. The van der Waals surface area contributed by atoms with Crippen LogP contribution in [0.5, 0.6) is 0 Å². The van der Waals surface area contributed by atoms with Crippen molar-refractivity contribution in [2.45, 2.75) is 91.6 Å². The number of hydrogen-bond donors (Lipinski definition) is 2. The van der Waals surface area contributed by atoms with E-state index >= 15 is 4.39 Å². The molecule has 3 aromatic carbocycles. The maximum Gasteiger partial charge on any atom is 0.407 e. The first-order valence-corrected chi connectivity index (χ1v) is 20.0. The Bertz CT molecular complexity index is 2770. The summed E-state index contributed by atoms with van der Waals surface area (Å²) in [5.74, 6) is -4.62. The van der Waals surface area contributed by atoms with Gasteiger partial charge in [-0.05, 0) is 96.2 Å². The van der Waals surface area contributed by atoms with Crippen molar-refractivity contribution in [2.75, 3.05) is 11.9 Å². The number of nitrogens with one attached hydrogen (secondary N) is 2. The molecule has 6 aromatic rings. The maximum atomic E-state index is 15.2. The molecule has 0 bridgehead atoms. The molecular weight excluding hydrogens is 833 g/mol. The van der Waals surface area contributed by atoms with Gasteiger partial charge in [-0.25, -0.2) is 46.6 Å². The largest absolute Gasteiger partial charge is 0.456 e. The molecule has 20 heteroatoms. The van der Waals surface area contributed by atoms with Crippen molar-refractivity contribution < 1.29 is 32.2 Å². The molecule has 0 saturated heterocycles. The minimum absolute atomic E-state index is 0.125. The number of anilines is 2. The zero-order valence-electron chi connectivity index (χ0n) is 35.2. The van der Waals surface area contributed by atoms with Crippen molar-refractivity contribution in [3.63, 3.8) is 0 Å². The van der Waals surface area contributed by atoms with Crippen molar-refractivity contribution in [1.29, 1.82) is 0 Å². The lowest BCUT2D eigenvalue weighted by atomic mass is 10.0. The van der Waals surface area contributed by atoms with Gasteiger partial charge in [-0.3, -0.25) is 9.25 Å². The lowest BCUT2D eigenvalue weighted by Gasteiger charge is -2.20. The van der Waals surface area contributed by atoms with Crippen molar-refractivity contribution in [1.82, 2.24) is 44.0 Å². The second-order valence-electron chi connectivity index (χ2n) is 16.5. The lowest BCUT2D eigenvalue weighted by molar-refractivity contribution is 0.00690. The van der Waals surface area contributed by atoms with Crippen LogP contribution in [-0.4, -0.2) is 68.5 Å². The van der Waals surface area contributed by atoms with Crippen LogP contribution in [0.1, 0.15) is 80.8 Å². The summed E-state index contributed by atoms with van der Waals surface area (Å²) in [7, 11) is 1.72. The molecule has 6 rings (SSSR count). The molecule has 0 saturated carbocycles. The molecule has 0 aliphatic carbocycles. The average Bonchev–Trinajstić information content (AvgIpc) is 3.78. The molecule has 0 aliphatic heterocycles. The van der Waals surface area contributed by atoms with Crippen LogP contribution in [-0.2, 0) is 49.0 Å². The van der Waals surface area contributed by atoms with Gasteiger partial charge in [0.25, 0.3) is 0 Å². The molecule has 2 N–H and O–H groups in total. The number of alkyl carbamates (subject to hydrolysis) is 1. The Balaban J connectivity index is 1.34. The molecule has 3 aromatic heterocycles. The average molecular weight is 879 g/mol. The smallest absolute Gasteiger partial charge is 0.407 e. The zero-order valence-corrected chi connectivity index (χ0v) is 35.9. The summed E-state index contributed by atoms with van der Waals surface area (Å²) in [6.45, 7) is 9.86. The Morgan fingerprint density at radius 1 is 0.887 bits per heavy atom. The first-order valence-electron chi connectivity index (χ1n) is 19.6. The van der Waals surface area contributed by atoms with E-state index in [9.17, 15) is 28.0 Å². The van der Waals surface area contributed by atoms with E-state index in [2.05, 4.69) is 30.8 Å². The number of carbonyl (C=O) groups excluding carboxylic acids is 2. The topological polar surface area (TPSA) is 182 Å². The van der Waals surface area contributed by atoms with Gasteiger partial charge in [0, 0.05) is 43.4 Å². The third-order valence-corrected chi connectivity index (χ3v) is 9.53. The Morgan fingerprint density at radius 2 is 1.61 bits per heavy atom. The minimum atomic E-state index is -1.43. The van der Waals surface area contributed by atoms with E-state index in [0.717, 1.165) is 14.7 Å². The van der Waals surface area contributed by atoms with Gasteiger partial charge in [0.1, 0.15) is 29.2 Å². The standard InChI is InChI=1S/C42H46ClF3N10O6/c1-41(2,3)61-36(57)25-11-8-10-24(16-25)13-15-56-34(48-23-49-56)22-55-38(58)51-37(54(40(55)60)20-26-17-31(45)32(46)19-30(26)44)50-35-27(12-9-14-47-39(59)62-42(4,5)6)28-21-53(7)52-33(28)18-29(35)43/h8,10-11,16-19,21,23H,9,12-15,20,22H2,1-7H3,(H,47,59)(H,50,51,58). The number of hydrogen-bond acceptors (Lipinski definition) is 11. The second-order valence-corrected chi connectivity index (χ2v) is 16.9. The normalized spacial score (nSPS) is 11.9. The fourth-order valence-electron chi connectivity index (χ4n) is 6.51. The quantitative estimate of drug-likeness (QED) is 0.0697. The number of aryl methyl sites for hydroxylation is 4. The van der Waals surface area contributed by atoms with Crippen molar-refractivity contribution in [3.8, 4) is 0 Å². The molecule has 328 valence electrons. The highest BCUT2D eigenvalue weighted by Crippen LogP contribution is 2.36. The van der Waals surface area contributed by atoms with Crippen molar-refractivity contribution >= 4 is 46.2 Å². The van der Waals surface area contributed by atoms with Gasteiger partial charge in [0.2, 0.25) is 5.95 Å². The van der Waals surface area contributed by atoms with Crippen LogP contribution in [0.25, 0.3) is 10.9 Å². The highest BCUT2D eigenvalue weighted by Gasteiger charge is 2.23. The van der Waals surface area contributed by atoms with Gasteiger partial charge in [0.05, 0.1) is 34.9 Å². The van der Waals surface area contributed by atoms with Crippen LogP contribution in [0.2, 0.25) is 5.02 Å². The fourth-order valence-corrected chi connectivity index (χ4v) is 6.78. The monoisotopic (exact) mass is 878 g/mol. The highest BCUT2D eigenvalue weighted by molar-refractivity contribution is 6.34. The second kappa shape index (κ2) is 18.2. The SMILES string of the molecule is Cn1cc2c(CCCNC(=O)OC(C)(C)C)c(Nc3nc(=O)n(Cc4ncnn4CCc4cccc(C(=O)OC(C)(C)C)c4)c(=O)n3Cc3cc(F)c(F)cc3F)c(Cl)cc2n1. The third-order valence-electron chi connectivity index (χ3n) is 9.23. The van der Waals surface area contributed by atoms with E-state index in [1.807, 2.05) is 6.07 Å². The Hall–Kier alpha value is -6.50. The van der Waals surface area contributed by atoms with Gasteiger partial charge < -0.3 is 20.1 Å². The molecule has 16 nitrogen and oxygen atoms in total. The third kappa shape index (κ3) is 11.1. The van der Waals surface area contributed by atoms with Crippen LogP contribution in [0, 0.1) is 17.5 Å². The summed E-state index contributed by atoms with van der Waals surface area (Å²) >= 11 is 6.83. The summed E-state index contributed by atoms with van der Waals surface area (Å²) < 4.78 is 59.2. The number of esters is 1. The summed E-state index contributed by atoms with van der Waals surface area (Å²) in [4.78, 5) is 61.7. The molecular formula is C42H46ClF3N10O6. The van der Waals surface area contributed by atoms with Gasteiger partial charge in [-0.2, -0.15) is 15.2 Å². The van der Waals surface area contributed by atoms with E-state index < -0.39 is 70.7 Å². The number of halogens is 4.